The van der Waals surface area contributed by atoms with Crippen molar-refractivity contribution in [2.24, 2.45) is 0 Å². The van der Waals surface area contributed by atoms with Gasteiger partial charge in [0.1, 0.15) is 10.0 Å². The van der Waals surface area contributed by atoms with Gasteiger partial charge < -0.3 is 14.7 Å². The molecular weight excluding hydrogens is 542 g/mol. The van der Waals surface area contributed by atoms with Crippen molar-refractivity contribution in [1.29, 1.82) is 0 Å². The molecule has 37 heavy (non-hydrogen) atoms. The molecule has 1 aromatic carbocycles. The number of aromatic nitrogens is 1. The smallest absolute Gasteiger partial charge is 0.416 e. The summed E-state index contributed by atoms with van der Waals surface area (Å²) in [7, 11) is -4.11. The van der Waals surface area contributed by atoms with Gasteiger partial charge in [0.2, 0.25) is 0 Å². The Morgan fingerprint density at radius 1 is 1.22 bits per heavy atom. The number of carbonyl (C=O) groups is 2. The van der Waals surface area contributed by atoms with E-state index >= 15 is 0 Å². The predicted octanol–water partition coefficient (Wildman–Crippen LogP) is 4.54. The number of nitrogens with zero attached hydrogens (tertiary/aromatic N) is 2. The third kappa shape index (κ3) is 8.10. The SMILES string of the molecule is O=C(O)CS(=O)(=O)c1cnc(NC(=O)N(CCOCc2ccc(F)cc2C(F)(F)F)C2CCCCC2)s1. The standard InChI is InChI=1S/C22H25F4N3O6S2/c23-15-7-6-14(17(10-15)22(24,25)26)12-35-9-8-29(16-4-2-1-3-5-16)21(32)28-20-27-11-19(36-20)37(33,34)13-18(30)31/h6-7,10-11,16H,1-5,8-9,12-13H2,(H,30,31)(H,27,28,32). The van der Waals surface area contributed by atoms with Crippen LogP contribution in [0.15, 0.2) is 28.6 Å². The number of amides is 2. The van der Waals surface area contributed by atoms with E-state index in [1.807, 2.05) is 0 Å². The number of hydrogen-bond acceptors (Lipinski definition) is 7. The van der Waals surface area contributed by atoms with Crippen molar-refractivity contribution >= 4 is 38.3 Å². The lowest BCUT2D eigenvalue weighted by Gasteiger charge is -2.34. The van der Waals surface area contributed by atoms with Gasteiger partial charge in [0, 0.05) is 12.6 Å². The Labute approximate surface area is 214 Å². The van der Waals surface area contributed by atoms with Crippen LogP contribution < -0.4 is 5.32 Å². The zero-order chi connectivity index (χ0) is 27.2. The maximum Gasteiger partial charge on any atom is 0.416 e. The van der Waals surface area contributed by atoms with Gasteiger partial charge in [-0.05, 0) is 30.5 Å². The highest BCUT2D eigenvalue weighted by Crippen LogP contribution is 2.33. The van der Waals surface area contributed by atoms with Crippen LogP contribution in [0.5, 0.6) is 0 Å². The van der Waals surface area contributed by atoms with E-state index in [9.17, 15) is 35.6 Å². The number of alkyl halides is 3. The Morgan fingerprint density at radius 2 is 1.92 bits per heavy atom. The van der Waals surface area contributed by atoms with Crippen LogP contribution in [0, 0.1) is 5.82 Å². The molecule has 0 spiro atoms. The molecule has 204 valence electrons. The molecular formula is C22H25F4N3O6S2. The molecule has 1 heterocycles. The molecule has 0 aliphatic heterocycles. The Hall–Kier alpha value is -2.78. The molecule has 2 aromatic rings. The Balaban J connectivity index is 1.65. The molecule has 0 bridgehead atoms. The summed E-state index contributed by atoms with van der Waals surface area (Å²) in [6, 6.07) is 1.56. The highest BCUT2D eigenvalue weighted by molar-refractivity contribution is 7.94. The summed E-state index contributed by atoms with van der Waals surface area (Å²) < 4.78 is 82.2. The fourth-order valence-corrected chi connectivity index (χ4v) is 6.13. The lowest BCUT2D eigenvalue weighted by Crippen LogP contribution is -2.45. The number of carboxylic acid groups (broad SMARTS) is 1. The third-order valence-electron chi connectivity index (χ3n) is 5.71. The molecule has 2 N–H and O–H groups in total. The van der Waals surface area contributed by atoms with E-state index in [4.69, 9.17) is 9.84 Å². The Bertz CT molecular complexity index is 1210. The van der Waals surface area contributed by atoms with Crippen LogP contribution in [0.3, 0.4) is 0 Å². The average molecular weight is 568 g/mol. The van der Waals surface area contributed by atoms with Crippen LogP contribution in [0.25, 0.3) is 0 Å². The van der Waals surface area contributed by atoms with E-state index in [1.165, 1.54) is 4.90 Å². The van der Waals surface area contributed by atoms with E-state index in [0.29, 0.717) is 30.2 Å². The summed E-state index contributed by atoms with van der Waals surface area (Å²) in [6.07, 6.45) is 0.403. The van der Waals surface area contributed by atoms with Crippen molar-refractivity contribution in [1.82, 2.24) is 9.88 Å². The monoisotopic (exact) mass is 567 g/mol. The highest BCUT2D eigenvalue weighted by Gasteiger charge is 2.34. The van der Waals surface area contributed by atoms with Gasteiger partial charge in [0.15, 0.2) is 20.7 Å². The maximum atomic E-state index is 13.3. The number of thiazole rings is 1. The number of sulfone groups is 1. The number of rotatable bonds is 10. The van der Waals surface area contributed by atoms with Gasteiger partial charge in [-0.3, -0.25) is 10.1 Å². The highest BCUT2D eigenvalue weighted by atomic mass is 32.2. The number of anilines is 1. The van der Waals surface area contributed by atoms with Crippen LogP contribution in [-0.4, -0.2) is 60.4 Å². The molecule has 0 radical (unpaired) electrons. The summed E-state index contributed by atoms with van der Waals surface area (Å²) in [6.45, 7) is -0.504. The zero-order valence-electron chi connectivity index (χ0n) is 19.5. The van der Waals surface area contributed by atoms with Gasteiger partial charge in [-0.1, -0.05) is 36.7 Å². The number of halogens is 4. The second-order valence-corrected chi connectivity index (χ2v) is 11.7. The van der Waals surface area contributed by atoms with Crippen molar-refractivity contribution in [3.63, 3.8) is 0 Å². The van der Waals surface area contributed by atoms with Crippen molar-refractivity contribution in [2.45, 2.75) is 55.1 Å². The van der Waals surface area contributed by atoms with Crippen molar-refractivity contribution < 1.29 is 45.4 Å². The first-order valence-corrected chi connectivity index (χ1v) is 13.7. The largest absolute Gasteiger partial charge is 0.480 e. The number of carbonyl (C=O) groups excluding carboxylic acids is 1. The second-order valence-electron chi connectivity index (χ2n) is 8.40. The number of hydrogen-bond donors (Lipinski definition) is 2. The number of ether oxygens (including phenoxy) is 1. The third-order valence-corrected chi connectivity index (χ3v) is 8.77. The van der Waals surface area contributed by atoms with Gasteiger partial charge in [-0.15, -0.1) is 0 Å². The minimum atomic E-state index is -4.75. The molecule has 0 atom stereocenters. The number of nitrogens with one attached hydrogen (secondary N) is 1. The summed E-state index contributed by atoms with van der Waals surface area (Å²) >= 11 is 0.615. The molecule has 1 fully saturated rings. The second kappa shape index (κ2) is 12.2. The molecule has 1 aromatic heterocycles. The average Bonchev–Trinajstić information content (AvgIpc) is 3.28. The number of carboxylic acids is 1. The molecule has 0 saturated heterocycles. The van der Waals surface area contributed by atoms with E-state index in [2.05, 4.69) is 10.3 Å². The van der Waals surface area contributed by atoms with Crippen LogP contribution in [0.4, 0.5) is 27.5 Å². The Morgan fingerprint density at radius 3 is 2.57 bits per heavy atom. The molecule has 3 rings (SSSR count). The van der Waals surface area contributed by atoms with Gasteiger partial charge in [0.25, 0.3) is 0 Å². The first kappa shape index (κ1) is 28.8. The minimum Gasteiger partial charge on any atom is -0.480 e. The fourth-order valence-electron chi connectivity index (χ4n) is 3.98. The Kier molecular flexibility index (Phi) is 9.47. The number of aliphatic carboxylic acids is 1. The minimum absolute atomic E-state index is 0.0363. The van der Waals surface area contributed by atoms with E-state index in [0.717, 1.165) is 37.6 Å². The summed E-state index contributed by atoms with van der Waals surface area (Å²) in [5.41, 5.74) is -1.37. The molecule has 1 aliphatic rings. The predicted molar refractivity (Wildman–Crippen MR) is 125 cm³/mol. The maximum absolute atomic E-state index is 13.3. The number of benzene rings is 1. The van der Waals surface area contributed by atoms with Gasteiger partial charge in [-0.2, -0.15) is 13.2 Å². The van der Waals surface area contributed by atoms with E-state index in [-0.39, 0.29) is 34.1 Å². The molecule has 2 amide bonds. The fraction of sp³-hybridized carbons (Fsp3) is 0.500. The molecule has 1 aliphatic carbocycles. The molecule has 0 unspecified atom stereocenters. The lowest BCUT2D eigenvalue weighted by atomic mass is 9.94. The summed E-state index contributed by atoms with van der Waals surface area (Å²) in [5, 5.41) is 11.2. The van der Waals surface area contributed by atoms with Crippen LogP contribution >= 0.6 is 11.3 Å². The van der Waals surface area contributed by atoms with Crippen LogP contribution in [-0.2, 0) is 32.2 Å². The van der Waals surface area contributed by atoms with Gasteiger partial charge in [0.05, 0.1) is 25.0 Å². The molecule has 9 nitrogen and oxygen atoms in total. The summed E-state index contributed by atoms with van der Waals surface area (Å²) in [4.78, 5) is 29.1. The zero-order valence-corrected chi connectivity index (χ0v) is 21.1. The summed E-state index contributed by atoms with van der Waals surface area (Å²) in [5.74, 6) is -3.65. The van der Waals surface area contributed by atoms with Gasteiger partial charge in [-0.25, -0.2) is 22.6 Å². The van der Waals surface area contributed by atoms with Gasteiger partial charge >= 0.3 is 18.2 Å². The van der Waals surface area contributed by atoms with Crippen molar-refractivity contribution in [3.8, 4) is 0 Å². The van der Waals surface area contributed by atoms with Crippen LogP contribution in [0.1, 0.15) is 43.2 Å². The lowest BCUT2D eigenvalue weighted by molar-refractivity contribution is -0.139. The van der Waals surface area contributed by atoms with Crippen molar-refractivity contribution in [2.75, 3.05) is 24.2 Å². The van der Waals surface area contributed by atoms with E-state index < -0.39 is 51.8 Å². The molecule has 1 saturated carbocycles. The topological polar surface area (TPSA) is 126 Å². The first-order valence-electron chi connectivity index (χ1n) is 11.3. The van der Waals surface area contributed by atoms with Crippen LogP contribution in [0.2, 0.25) is 0 Å². The molecule has 15 heteroatoms. The quantitative estimate of drug-likeness (QED) is 0.319. The van der Waals surface area contributed by atoms with Crippen molar-refractivity contribution in [3.05, 3.63) is 41.3 Å². The normalized spacial score (nSPS) is 14.9. The number of urea groups is 1. The first-order chi connectivity index (χ1) is 17.4. The van der Waals surface area contributed by atoms with E-state index in [1.54, 1.807) is 0 Å².